The molecule has 6 nitrogen and oxygen atoms in total. The molecule has 0 saturated carbocycles. The molecule has 0 spiro atoms. The molecule has 1 aromatic heterocycles. The molecular weight excluding hydrogens is 268 g/mol. The number of anilines is 4. The number of nitrogens with zero attached hydrogens (tertiary/aromatic N) is 2. The minimum atomic E-state index is -0.419. The van der Waals surface area contributed by atoms with Crippen molar-refractivity contribution < 1.29 is 0 Å². The van der Waals surface area contributed by atoms with E-state index in [4.69, 9.17) is 0 Å². The van der Waals surface area contributed by atoms with E-state index in [0.29, 0.717) is 11.5 Å². The molecule has 0 saturated heterocycles. The number of nitrogens with one attached hydrogen (secondary N) is 2. The van der Waals surface area contributed by atoms with Crippen molar-refractivity contribution in [2.75, 3.05) is 17.3 Å². The fourth-order valence-corrected chi connectivity index (χ4v) is 2.82. The fourth-order valence-electron chi connectivity index (χ4n) is 2.82. The van der Waals surface area contributed by atoms with Crippen LogP contribution in [0.4, 0.5) is 22.9 Å². The molecule has 0 aliphatic carbocycles. The first-order valence-corrected chi connectivity index (χ1v) is 6.77. The SMILES string of the molecule is Cc1cc2c(c(C)c1C)N(C)c1[nH]c(=O)n(C)c(=O)c1N2. The van der Waals surface area contributed by atoms with Crippen molar-refractivity contribution in [2.45, 2.75) is 20.8 Å². The third-order valence-corrected chi connectivity index (χ3v) is 4.34. The number of benzene rings is 1. The highest BCUT2D eigenvalue weighted by Gasteiger charge is 2.26. The predicted molar refractivity (Wildman–Crippen MR) is 84.3 cm³/mol. The van der Waals surface area contributed by atoms with Gasteiger partial charge in [-0.25, -0.2) is 4.79 Å². The average Bonchev–Trinajstić information content (AvgIpc) is 2.44. The van der Waals surface area contributed by atoms with Gasteiger partial charge >= 0.3 is 5.69 Å². The number of rotatable bonds is 0. The van der Waals surface area contributed by atoms with Crippen molar-refractivity contribution in [1.82, 2.24) is 9.55 Å². The third kappa shape index (κ3) is 1.72. The van der Waals surface area contributed by atoms with Crippen LogP contribution in [0.3, 0.4) is 0 Å². The lowest BCUT2D eigenvalue weighted by atomic mass is 9.99. The van der Waals surface area contributed by atoms with Crippen molar-refractivity contribution >= 4 is 22.9 Å². The van der Waals surface area contributed by atoms with E-state index in [-0.39, 0.29) is 5.56 Å². The summed E-state index contributed by atoms with van der Waals surface area (Å²) in [5.74, 6) is 0.502. The molecule has 0 unspecified atom stereocenters. The maximum atomic E-state index is 12.3. The molecule has 2 aromatic rings. The van der Waals surface area contributed by atoms with Gasteiger partial charge in [-0.2, -0.15) is 0 Å². The lowest BCUT2D eigenvalue weighted by Gasteiger charge is -2.32. The molecule has 0 atom stereocenters. The van der Waals surface area contributed by atoms with Crippen LogP contribution < -0.4 is 21.5 Å². The average molecular weight is 286 g/mol. The summed E-state index contributed by atoms with van der Waals surface area (Å²) in [6.07, 6.45) is 0. The Labute approximate surface area is 122 Å². The van der Waals surface area contributed by atoms with Crippen LogP contribution in [0.25, 0.3) is 0 Å². The highest BCUT2D eigenvalue weighted by atomic mass is 16.2. The van der Waals surface area contributed by atoms with Crippen molar-refractivity contribution in [3.05, 3.63) is 43.6 Å². The van der Waals surface area contributed by atoms with Crippen LogP contribution >= 0.6 is 0 Å². The number of fused-ring (bicyclic) bond motifs is 2. The Kier molecular flexibility index (Phi) is 2.73. The molecule has 2 heterocycles. The molecule has 21 heavy (non-hydrogen) atoms. The van der Waals surface area contributed by atoms with Gasteiger partial charge in [0.1, 0.15) is 11.5 Å². The number of aryl methyl sites for hydroxylation is 1. The Morgan fingerprint density at radius 1 is 1.05 bits per heavy atom. The molecule has 0 radical (unpaired) electrons. The Morgan fingerprint density at radius 2 is 1.71 bits per heavy atom. The zero-order chi connectivity index (χ0) is 15.5. The van der Waals surface area contributed by atoms with Crippen molar-refractivity contribution in [1.29, 1.82) is 0 Å². The zero-order valence-corrected chi connectivity index (χ0v) is 12.8. The Balaban J connectivity index is 2.35. The summed E-state index contributed by atoms with van der Waals surface area (Å²) in [7, 11) is 3.32. The maximum Gasteiger partial charge on any atom is 0.329 e. The second kappa shape index (κ2) is 4.25. The molecule has 1 aromatic carbocycles. The van der Waals surface area contributed by atoms with Crippen LogP contribution in [0.1, 0.15) is 16.7 Å². The van der Waals surface area contributed by atoms with Crippen LogP contribution in [0.2, 0.25) is 0 Å². The van der Waals surface area contributed by atoms with Crippen LogP contribution in [0, 0.1) is 20.8 Å². The van der Waals surface area contributed by atoms with E-state index < -0.39 is 5.69 Å². The molecule has 0 fully saturated rings. The van der Waals surface area contributed by atoms with E-state index in [1.165, 1.54) is 12.6 Å². The molecular formula is C15H18N4O2. The van der Waals surface area contributed by atoms with Crippen molar-refractivity contribution in [3.63, 3.8) is 0 Å². The standard InChI is InChI=1S/C15H18N4O2/c1-7-6-10-12(9(3)8(7)2)18(4)13-11(16-10)14(20)19(5)15(21)17-13/h6,16H,1-5H3,(H,17,21). The number of hydrogen-bond acceptors (Lipinski definition) is 4. The van der Waals surface area contributed by atoms with E-state index in [0.717, 1.165) is 27.1 Å². The second-order valence-corrected chi connectivity index (χ2v) is 5.54. The first-order valence-electron chi connectivity index (χ1n) is 6.77. The number of aromatic amines is 1. The normalized spacial score (nSPS) is 12.7. The minimum Gasteiger partial charge on any atom is -0.346 e. The largest absolute Gasteiger partial charge is 0.346 e. The molecule has 1 aliphatic rings. The van der Waals surface area contributed by atoms with Gasteiger partial charge in [-0.05, 0) is 43.5 Å². The molecule has 0 amide bonds. The first-order chi connectivity index (χ1) is 9.82. The lowest BCUT2D eigenvalue weighted by molar-refractivity contribution is 0.774. The van der Waals surface area contributed by atoms with Gasteiger partial charge in [0.2, 0.25) is 0 Å². The van der Waals surface area contributed by atoms with E-state index in [9.17, 15) is 9.59 Å². The number of aromatic nitrogens is 2. The van der Waals surface area contributed by atoms with Gasteiger partial charge in [-0.3, -0.25) is 14.3 Å². The highest BCUT2D eigenvalue weighted by Crippen LogP contribution is 2.43. The van der Waals surface area contributed by atoms with Gasteiger partial charge in [-0.1, -0.05) is 0 Å². The van der Waals surface area contributed by atoms with Crippen LogP contribution in [-0.4, -0.2) is 16.6 Å². The Morgan fingerprint density at radius 3 is 2.38 bits per heavy atom. The van der Waals surface area contributed by atoms with Crippen LogP contribution in [-0.2, 0) is 7.05 Å². The topological polar surface area (TPSA) is 70.1 Å². The Hall–Kier alpha value is -2.50. The van der Waals surface area contributed by atoms with Gasteiger partial charge in [-0.15, -0.1) is 0 Å². The summed E-state index contributed by atoms with van der Waals surface area (Å²) in [6.45, 7) is 6.16. The third-order valence-electron chi connectivity index (χ3n) is 4.34. The number of H-pyrrole nitrogens is 1. The molecule has 110 valence electrons. The molecule has 0 bridgehead atoms. The van der Waals surface area contributed by atoms with Gasteiger partial charge in [0.05, 0.1) is 11.4 Å². The summed E-state index contributed by atoms with van der Waals surface area (Å²) in [5, 5.41) is 3.17. The smallest absolute Gasteiger partial charge is 0.329 e. The van der Waals surface area contributed by atoms with Gasteiger partial charge in [0.25, 0.3) is 5.56 Å². The monoisotopic (exact) mass is 286 g/mol. The predicted octanol–water partition coefficient (Wildman–Crippen LogP) is 1.82. The van der Waals surface area contributed by atoms with Gasteiger partial charge < -0.3 is 10.2 Å². The van der Waals surface area contributed by atoms with Crippen molar-refractivity contribution in [2.24, 2.45) is 7.05 Å². The highest BCUT2D eigenvalue weighted by molar-refractivity contribution is 5.91. The van der Waals surface area contributed by atoms with E-state index in [2.05, 4.69) is 17.2 Å². The van der Waals surface area contributed by atoms with E-state index >= 15 is 0 Å². The van der Waals surface area contributed by atoms with E-state index in [1.807, 2.05) is 31.9 Å². The summed E-state index contributed by atoms with van der Waals surface area (Å²) < 4.78 is 1.07. The maximum absolute atomic E-state index is 12.3. The number of hydrogen-bond donors (Lipinski definition) is 2. The van der Waals surface area contributed by atoms with Gasteiger partial charge in [0.15, 0.2) is 0 Å². The molecule has 6 heteroatoms. The summed E-state index contributed by atoms with van der Waals surface area (Å²) in [5.41, 5.74) is 5.01. The second-order valence-electron chi connectivity index (χ2n) is 5.54. The molecule has 1 aliphatic heterocycles. The summed E-state index contributed by atoms with van der Waals surface area (Å²) in [4.78, 5) is 28.7. The van der Waals surface area contributed by atoms with Crippen molar-refractivity contribution in [3.8, 4) is 0 Å². The van der Waals surface area contributed by atoms with E-state index in [1.54, 1.807) is 0 Å². The van der Waals surface area contributed by atoms with Crippen LogP contribution in [0.5, 0.6) is 0 Å². The lowest BCUT2D eigenvalue weighted by Crippen LogP contribution is -2.37. The molecule has 3 rings (SSSR count). The van der Waals surface area contributed by atoms with Crippen LogP contribution in [0.15, 0.2) is 15.7 Å². The summed E-state index contributed by atoms with van der Waals surface area (Å²) in [6, 6.07) is 2.03. The minimum absolute atomic E-state index is 0.331. The molecule has 2 N–H and O–H groups in total. The quantitative estimate of drug-likeness (QED) is 0.775. The summed E-state index contributed by atoms with van der Waals surface area (Å²) >= 11 is 0. The van der Waals surface area contributed by atoms with Gasteiger partial charge in [0, 0.05) is 14.1 Å². The first kappa shape index (κ1) is 13.5. The zero-order valence-electron chi connectivity index (χ0n) is 12.8. The Bertz CT molecular complexity index is 877. The fraction of sp³-hybridized carbons (Fsp3) is 0.333.